The summed E-state index contributed by atoms with van der Waals surface area (Å²) in [5.74, 6) is -1.88. The number of rotatable bonds is 0. The normalized spacial score (nSPS) is 29.1. The van der Waals surface area contributed by atoms with Gasteiger partial charge in [-0.05, 0) is 31.2 Å². The van der Waals surface area contributed by atoms with Crippen LogP contribution in [0.3, 0.4) is 0 Å². The van der Waals surface area contributed by atoms with E-state index in [0.717, 1.165) is 11.1 Å². The van der Waals surface area contributed by atoms with Gasteiger partial charge in [-0.3, -0.25) is 4.74 Å². The van der Waals surface area contributed by atoms with Crippen LogP contribution >= 0.6 is 0 Å². The fraction of sp³-hybridized carbons (Fsp3) is 0.211. The van der Waals surface area contributed by atoms with Gasteiger partial charge < -0.3 is 14.2 Å². The van der Waals surface area contributed by atoms with Gasteiger partial charge in [-0.25, -0.2) is 4.79 Å². The zero-order valence-corrected chi connectivity index (χ0v) is 13.2. The van der Waals surface area contributed by atoms with Crippen LogP contribution in [0.5, 0.6) is 11.5 Å². The minimum atomic E-state index is -1.36. The summed E-state index contributed by atoms with van der Waals surface area (Å²) in [5, 5.41) is 0. The smallest absolute Gasteiger partial charge is 0.349 e. The third-order valence-electron chi connectivity index (χ3n) is 4.64. The Kier molecular flexibility index (Phi) is 2.38. The summed E-state index contributed by atoms with van der Waals surface area (Å²) < 4.78 is 23.7. The molecule has 2 bridgehead atoms. The number of aryl methyl sites for hydroxylation is 1. The van der Waals surface area contributed by atoms with Crippen molar-refractivity contribution >= 4 is 5.97 Å². The van der Waals surface area contributed by atoms with Gasteiger partial charge in [0.15, 0.2) is 0 Å². The van der Waals surface area contributed by atoms with E-state index in [1.54, 1.807) is 12.1 Å². The number of hydrogen-bond acceptors (Lipinski definition) is 5. The van der Waals surface area contributed by atoms with Crippen LogP contribution in [0.1, 0.15) is 23.6 Å². The topological polar surface area (TPSA) is 54.0 Å². The Labute approximate surface area is 138 Å². The van der Waals surface area contributed by atoms with Crippen LogP contribution in [0, 0.1) is 6.92 Å². The first-order valence-corrected chi connectivity index (χ1v) is 7.72. The van der Waals surface area contributed by atoms with Crippen molar-refractivity contribution in [1.29, 1.82) is 0 Å². The Morgan fingerprint density at radius 2 is 1.83 bits per heavy atom. The number of fused-ring (bicyclic) bond motifs is 4. The van der Waals surface area contributed by atoms with Gasteiger partial charge in [-0.2, -0.15) is 0 Å². The Hall–Kier alpha value is -2.79. The van der Waals surface area contributed by atoms with Crippen LogP contribution in [-0.4, -0.2) is 5.97 Å². The highest BCUT2D eigenvalue weighted by Gasteiger charge is 2.61. The number of esters is 1. The molecule has 0 amide bonds. The number of benzene rings is 2. The van der Waals surface area contributed by atoms with E-state index in [0.29, 0.717) is 17.1 Å². The van der Waals surface area contributed by atoms with E-state index in [-0.39, 0.29) is 5.57 Å². The van der Waals surface area contributed by atoms with Crippen molar-refractivity contribution in [2.45, 2.75) is 25.4 Å². The average molecular weight is 322 g/mol. The minimum Gasteiger partial charge on any atom is -0.465 e. The van der Waals surface area contributed by atoms with E-state index >= 15 is 0 Å². The van der Waals surface area contributed by atoms with Crippen molar-refractivity contribution in [2.24, 2.45) is 0 Å². The van der Waals surface area contributed by atoms with E-state index < -0.39 is 17.5 Å². The largest absolute Gasteiger partial charge is 0.465 e. The lowest BCUT2D eigenvalue weighted by Crippen LogP contribution is -2.56. The zero-order chi connectivity index (χ0) is 16.5. The van der Waals surface area contributed by atoms with Crippen LogP contribution in [-0.2, 0) is 25.8 Å². The molecule has 0 radical (unpaired) electrons. The molecule has 0 saturated heterocycles. The molecule has 1 spiro atoms. The van der Waals surface area contributed by atoms with Gasteiger partial charge in [-0.1, -0.05) is 23.8 Å². The molecule has 0 fully saturated rings. The maximum atomic E-state index is 12.4. The highest BCUT2D eigenvalue weighted by Crippen LogP contribution is 2.56. The standard InChI is InChI=1S/C19H14O5/c1-11-7-8-16-13(9-11)18(2)21-10-14-17(20)22-15-6-4-3-5-12(15)19(14,23-16)24-18/h3-10H,1-2H3. The Morgan fingerprint density at radius 1 is 1.00 bits per heavy atom. The first-order valence-electron chi connectivity index (χ1n) is 7.72. The summed E-state index contributed by atoms with van der Waals surface area (Å²) >= 11 is 0. The van der Waals surface area contributed by atoms with Crippen LogP contribution in [0.15, 0.2) is 54.3 Å². The van der Waals surface area contributed by atoms with Gasteiger partial charge in [0.05, 0.1) is 11.1 Å². The summed E-state index contributed by atoms with van der Waals surface area (Å²) in [4.78, 5) is 12.4. The quantitative estimate of drug-likeness (QED) is 0.550. The average Bonchev–Trinajstić information content (AvgIpc) is 2.55. The van der Waals surface area contributed by atoms with E-state index in [1.165, 1.54) is 6.26 Å². The summed E-state index contributed by atoms with van der Waals surface area (Å²) in [6.07, 6.45) is 1.40. The summed E-state index contributed by atoms with van der Waals surface area (Å²) in [6, 6.07) is 13.0. The molecule has 3 aliphatic heterocycles. The van der Waals surface area contributed by atoms with Gasteiger partial charge in [0, 0.05) is 6.92 Å². The second-order valence-electron chi connectivity index (χ2n) is 6.30. The molecule has 24 heavy (non-hydrogen) atoms. The molecule has 2 aromatic rings. The van der Waals surface area contributed by atoms with E-state index in [1.807, 2.05) is 44.2 Å². The van der Waals surface area contributed by atoms with Crippen molar-refractivity contribution in [1.82, 2.24) is 0 Å². The van der Waals surface area contributed by atoms with Crippen LogP contribution in [0.2, 0.25) is 0 Å². The molecule has 3 aliphatic rings. The fourth-order valence-electron chi connectivity index (χ4n) is 3.46. The highest BCUT2D eigenvalue weighted by atomic mass is 16.8. The molecule has 120 valence electrons. The van der Waals surface area contributed by atoms with Crippen LogP contribution < -0.4 is 9.47 Å². The first kappa shape index (κ1) is 13.6. The number of para-hydroxylation sites is 1. The SMILES string of the molecule is Cc1ccc2c(c1)C1(C)OC=C3C(=O)Oc4ccccc4C3(O2)O1. The van der Waals surface area contributed by atoms with Gasteiger partial charge in [-0.15, -0.1) is 0 Å². The first-order chi connectivity index (χ1) is 11.5. The van der Waals surface area contributed by atoms with E-state index in [4.69, 9.17) is 18.9 Å². The summed E-state index contributed by atoms with van der Waals surface area (Å²) in [5.41, 5.74) is 2.71. The van der Waals surface area contributed by atoms with Crippen molar-refractivity contribution in [3.8, 4) is 11.5 Å². The van der Waals surface area contributed by atoms with Crippen molar-refractivity contribution in [2.75, 3.05) is 0 Å². The lowest BCUT2D eigenvalue weighted by molar-refractivity contribution is -0.348. The third-order valence-corrected chi connectivity index (χ3v) is 4.64. The predicted octanol–water partition coefficient (Wildman–Crippen LogP) is 3.26. The molecule has 2 atom stereocenters. The van der Waals surface area contributed by atoms with E-state index in [2.05, 4.69) is 0 Å². The summed E-state index contributed by atoms with van der Waals surface area (Å²) in [6.45, 7) is 3.82. The number of carbonyl (C=O) groups excluding carboxylic acids is 1. The van der Waals surface area contributed by atoms with E-state index in [9.17, 15) is 4.79 Å². The van der Waals surface area contributed by atoms with Crippen molar-refractivity contribution < 1.29 is 23.7 Å². The predicted molar refractivity (Wildman–Crippen MR) is 83.2 cm³/mol. The summed E-state index contributed by atoms with van der Waals surface area (Å²) in [7, 11) is 0. The van der Waals surface area contributed by atoms with Crippen molar-refractivity contribution in [3.63, 3.8) is 0 Å². The lowest BCUT2D eigenvalue weighted by Gasteiger charge is -2.50. The van der Waals surface area contributed by atoms with Gasteiger partial charge >= 0.3 is 5.97 Å². The molecular weight excluding hydrogens is 308 g/mol. The van der Waals surface area contributed by atoms with Gasteiger partial charge in [0.25, 0.3) is 5.79 Å². The molecule has 2 aromatic carbocycles. The number of carbonyl (C=O) groups is 1. The Balaban J connectivity index is 1.81. The number of hydrogen-bond donors (Lipinski definition) is 0. The lowest BCUT2D eigenvalue weighted by atomic mass is 9.89. The zero-order valence-electron chi connectivity index (χ0n) is 13.2. The van der Waals surface area contributed by atoms with Crippen molar-refractivity contribution in [3.05, 3.63) is 71.0 Å². The van der Waals surface area contributed by atoms with Gasteiger partial charge in [0.1, 0.15) is 23.3 Å². The molecule has 5 rings (SSSR count). The fourth-order valence-corrected chi connectivity index (χ4v) is 3.46. The molecule has 3 heterocycles. The molecule has 0 N–H and O–H groups in total. The molecule has 5 nitrogen and oxygen atoms in total. The number of ether oxygens (including phenoxy) is 4. The van der Waals surface area contributed by atoms with Gasteiger partial charge in [0.2, 0.25) is 5.79 Å². The third kappa shape index (κ3) is 1.55. The molecule has 0 aliphatic carbocycles. The maximum absolute atomic E-state index is 12.4. The molecule has 0 saturated carbocycles. The molecular formula is C19H14O5. The molecule has 2 unspecified atom stereocenters. The molecule has 0 aromatic heterocycles. The minimum absolute atomic E-state index is 0.199. The monoisotopic (exact) mass is 322 g/mol. The highest BCUT2D eigenvalue weighted by molar-refractivity contribution is 5.95. The Morgan fingerprint density at radius 3 is 2.71 bits per heavy atom. The molecule has 5 heteroatoms. The van der Waals surface area contributed by atoms with Crippen LogP contribution in [0.4, 0.5) is 0 Å². The Bertz CT molecular complexity index is 931. The second-order valence-corrected chi connectivity index (χ2v) is 6.30. The second kappa shape index (κ2) is 4.19. The maximum Gasteiger partial charge on any atom is 0.349 e. The van der Waals surface area contributed by atoms with Crippen LogP contribution in [0.25, 0.3) is 0 Å².